The molecule has 0 atom stereocenters. The van der Waals surface area contributed by atoms with Crippen molar-refractivity contribution in [1.82, 2.24) is 19.9 Å². The van der Waals surface area contributed by atoms with E-state index in [2.05, 4.69) is 19.9 Å². The normalized spacial score (nSPS) is 11.7. The number of sulfonamides is 1. The van der Waals surface area contributed by atoms with Gasteiger partial charge in [-0.1, -0.05) is 11.6 Å². The number of methoxy groups -OCH3 is 1. The molecule has 13 heteroatoms. The Morgan fingerprint density at radius 1 is 1.03 bits per heavy atom. The van der Waals surface area contributed by atoms with Crippen molar-refractivity contribution >= 4 is 38.5 Å². The molecular formula is C19H13ClF2N6O3S. The molecule has 0 spiro atoms. The number of hydrogen-bond donors (Lipinski definition) is 2. The van der Waals surface area contributed by atoms with Gasteiger partial charge in [-0.25, -0.2) is 37.3 Å². The van der Waals surface area contributed by atoms with Crippen LogP contribution >= 0.6 is 11.6 Å². The lowest BCUT2D eigenvalue weighted by Crippen LogP contribution is -2.16. The molecule has 0 saturated carbocycles. The number of hydrogen-bond acceptors (Lipinski definition) is 8. The minimum absolute atomic E-state index is 0.0169. The van der Waals surface area contributed by atoms with Crippen molar-refractivity contribution in [1.29, 1.82) is 0 Å². The highest BCUT2D eigenvalue weighted by Crippen LogP contribution is 2.40. The van der Waals surface area contributed by atoms with E-state index in [4.69, 9.17) is 27.2 Å². The standard InChI is InChI=1S/C19H13ClF2N6O3S/c1-31-18-17(32(24,29)30)13(11(20)7-26-18)16-15(22)9(4-5-25-16)8-2-3-12-10(14(8)21)6-27-19(23)28-12/h2-7H,1H3,(H2,23,27,28)(H2,24,29,30). The Kier molecular flexibility index (Phi) is 5.36. The first-order valence-corrected chi connectivity index (χ1v) is 10.7. The molecule has 0 fully saturated rings. The molecule has 0 bridgehead atoms. The van der Waals surface area contributed by atoms with Crippen LogP contribution < -0.4 is 15.6 Å². The Morgan fingerprint density at radius 2 is 1.75 bits per heavy atom. The molecule has 4 N–H and O–H groups in total. The Bertz CT molecular complexity index is 1500. The monoisotopic (exact) mass is 478 g/mol. The number of rotatable bonds is 4. The van der Waals surface area contributed by atoms with Gasteiger partial charge in [0.15, 0.2) is 10.7 Å². The van der Waals surface area contributed by atoms with E-state index in [1.807, 2.05) is 0 Å². The summed E-state index contributed by atoms with van der Waals surface area (Å²) in [6, 6.07) is 3.98. The van der Waals surface area contributed by atoms with E-state index >= 15 is 8.78 Å². The van der Waals surface area contributed by atoms with Crippen LogP contribution in [0.25, 0.3) is 33.3 Å². The molecule has 0 aliphatic rings. The zero-order valence-corrected chi connectivity index (χ0v) is 17.7. The Labute approximate surface area is 185 Å². The van der Waals surface area contributed by atoms with Crippen molar-refractivity contribution < 1.29 is 21.9 Å². The van der Waals surface area contributed by atoms with E-state index in [-0.39, 0.29) is 38.6 Å². The summed E-state index contributed by atoms with van der Waals surface area (Å²) in [7, 11) is -3.30. The van der Waals surface area contributed by atoms with Crippen LogP contribution in [0, 0.1) is 11.6 Å². The summed E-state index contributed by atoms with van der Waals surface area (Å²) in [6.07, 6.45) is 3.42. The lowest BCUT2D eigenvalue weighted by Gasteiger charge is -2.15. The number of nitrogen functional groups attached to an aromatic ring is 1. The fraction of sp³-hybridized carbons (Fsp3) is 0.0526. The zero-order valence-electron chi connectivity index (χ0n) is 16.2. The number of aromatic nitrogens is 4. The van der Waals surface area contributed by atoms with Crippen molar-refractivity contribution in [2.75, 3.05) is 12.8 Å². The highest BCUT2D eigenvalue weighted by molar-refractivity contribution is 7.89. The molecule has 0 aliphatic heterocycles. The quantitative estimate of drug-likeness (QED) is 0.455. The number of nitrogens with zero attached hydrogens (tertiary/aromatic N) is 4. The number of benzene rings is 1. The third-order valence-corrected chi connectivity index (χ3v) is 5.80. The lowest BCUT2D eigenvalue weighted by atomic mass is 10.0. The van der Waals surface area contributed by atoms with E-state index in [0.29, 0.717) is 0 Å². The molecule has 9 nitrogen and oxygen atoms in total. The SMILES string of the molecule is COc1ncc(Cl)c(-c2nccc(-c3ccc4nc(N)ncc4c3F)c2F)c1S(N)(=O)=O. The van der Waals surface area contributed by atoms with Gasteiger partial charge in [0.1, 0.15) is 11.5 Å². The number of anilines is 1. The van der Waals surface area contributed by atoms with Gasteiger partial charge in [-0.05, 0) is 18.2 Å². The summed E-state index contributed by atoms with van der Waals surface area (Å²) in [5.41, 5.74) is 4.56. The molecule has 1 aromatic carbocycles. The van der Waals surface area contributed by atoms with Crippen LogP contribution in [-0.2, 0) is 10.0 Å². The van der Waals surface area contributed by atoms with Gasteiger partial charge in [-0.15, -0.1) is 0 Å². The van der Waals surface area contributed by atoms with Crippen molar-refractivity contribution in [3.05, 3.63) is 53.4 Å². The topological polar surface area (TPSA) is 147 Å². The van der Waals surface area contributed by atoms with Gasteiger partial charge in [0.25, 0.3) is 0 Å². The van der Waals surface area contributed by atoms with Crippen molar-refractivity contribution in [2.24, 2.45) is 5.14 Å². The van der Waals surface area contributed by atoms with E-state index in [0.717, 1.165) is 13.3 Å². The predicted molar refractivity (Wildman–Crippen MR) is 113 cm³/mol. The number of pyridine rings is 2. The average molecular weight is 479 g/mol. The number of ether oxygens (including phenoxy) is 1. The Balaban J connectivity index is 2.02. The molecule has 4 rings (SSSR count). The van der Waals surface area contributed by atoms with Gasteiger partial charge < -0.3 is 10.5 Å². The van der Waals surface area contributed by atoms with Crippen LogP contribution in [0.3, 0.4) is 0 Å². The number of halogens is 3. The smallest absolute Gasteiger partial charge is 0.244 e. The molecule has 0 saturated heterocycles. The first-order valence-electron chi connectivity index (χ1n) is 8.74. The maximum atomic E-state index is 15.6. The van der Waals surface area contributed by atoms with Gasteiger partial charge >= 0.3 is 0 Å². The van der Waals surface area contributed by atoms with E-state index in [1.54, 1.807) is 0 Å². The predicted octanol–water partition coefficient (Wildman–Crippen LogP) is 2.92. The molecule has 3 aromatic heterocycles. The molecule has 0 radical (unpaired) electrons. The highest BCUT2D eigenvalue weighted by Gasteiger charge is 2.29. The molecule has 4 aromatic rings. The minimum atomic E-state index is -4.46. The molecular weight excluding hydrogens is 466 g/mol. The van der Waals surface area contributed by atoms with Gasteiger partial charge in [-0.3, -0.25) is 4.98 Å². The molecule has 0 unspecified atom stereocenters. The molecule has 32 heavy (non-hydrogen) atoms. The summed E-state index contributed by atoms with van der Waals surface area (Å²) in [4.78, 5) is 14.7. The number of primary sulfonamides is 1. The van der Waals surface area contributed by atoms with E-state index in [1.165, 1.54) is 30.6 Å². The van der Waals surface area contributed by atoms with Crippen LogP contribution in [-0.4, -0.2) is 35.5 Å². The highest BCUT2D eigenvalue weighted by atomic mass is 35.5. The summed E-state index contributed by atoms with van der Waals surface area (Å²) in [5, 5.41) is 5.07. The third-order valence-electron chi connectivity index (χ3n) is 4.57. The summed E-state index contributed by atoms with van der Waals surface area (Å²) in [5.74, 6) is -2.28. The van der Waals surface area contributed by atoms with Crippen LogP contribution in [0.4, 0.5) is 14.7 Å². The van der Waals surface area contributed by atoms with Crippen LogP contribution in [0.2, 0.25) is 5.02 Å². The molecule has 164 valence electrons. The van der Waals surface area contributed by atoms with Crippen molar-refractivity contribution in [2.45, 2.75) is 4.90 Å². The van der Waals surface area contributed by atoms with Crippen LogP contribution in [0.5, 0.6) is 5.88 Å². The second-order valence-electron chi connectivity index (χ2n) is 6.47. The molecule has 3 heterocycles. The van der Waals surface area contributed by atoms with Crippen molar-refractivity contribution in [3.8, 4) is 28.3 Å². The van der Waals surface area contributed by atoms with Gasteiger partial charge in [0.2, 0.25) is 21.9 Å². The first kappa shape index (κ1) is 21.7. The summed E-state index contributed by atoms with van der Waals surface area (Å²) >= 11 is 6.15. The third kappa shape index (κ3) is 3.57. The molecule has 0 amide bonds. The van der Waals surface area contributed by atoms with Crippen molar-refractivity contribution in [3.63, 3.8) is 0 Å². The summed E-state index contributed by atoms with van der Waals surface area (Å²) in [6.45, 7) is 0. The zero-order chi connectivity index (χ0) is 23.2. The maximum Gasteiger partial charge on any atom is 0.244 e. The van der Waals surface area contributed by atoms with Crippen LogP contribution in [0.1, 0.15) is 0 Å². The second-order valence-corrected chi connectivity index (χ2v) is 8.38. The number of nitrogens with two attached hydrogens (primary N) is 2. The Morgan fingerprint density at radius 3 is 2.44 bits per heavy atom. The Hall–Kier alpha value is -3.48. The second kappa shape index (κ2) is 7.89. The fourth-order valence-electron chi connectivity index (χ4n) is 3.20. The van der Waals surface area contributed by atoms with E-state index in [9.17, 15) is 8.42 Å². The lowest BCUT2D eigenvalue weighted by molar-refractivity contribution is 0.385. The maximum absolute atomic E-state index is 15.6. The first-order chi connectivity index (χ1) is 15.1. The molecule has 0 aliphatic carbocycles. The van der Waals surface area contributed by atoms with Gasteiger partial charge in [-0.2, -0.15) is 0 Å². The summed E-state index contributed by atoms with van der Waals surface area (Å²) < 4.78 is 60.2. The largest absolute Gasteiger partial charge is 0.480 e. The van der Waals surface area contributed by atoms with Crippen LogP contribution in [0.15, 0.2) is 41.7 Å². The van der Waals surface area contributed by atoms with E-state index < -0.39 is 38.1 Å². The fourth-order valence-corrected chi connectivity index (χ4v) is 4.36. The average Bonchev–Trinajstić information content (AvgIpc) is 2.74. The van der Waals surface area contributed by atoms with Gasteiger partial charge in [0.05, 0.1) is 29.2 Å². The minimum Gasteiger partial charge on any atom is -0.480 e. The van der Waals surface area contributed by atoms with Gasteiger partial charge in [0, 0.05) is 29.1 Å². The number of fused-ring (bicyclic) bond motifs is 1.